The van der Waals surface area contributed by atoms with Crippen LogP contribution in [-0.2, 0) is 27.2 Å². The third kappa shape index (κ3) is 8.56. The lowest BCUT2D eigenvalue weighted by Gasteiger charge is -2.23. The number of fused-ring (bicyclic) bond motifs is 1. The third-order valence-electron chi connectivity index (χ3n) is 6.61. The number of carbonyl (C=O) groups excluding carboxylic acids is 4. The Labute approximate surface area is 238 Å². The molecule has 10 heteroatoms. The van der Waals surface area contributed by atoms with E-state index in [-0.39, 0.29) is 44.0 Å². The number of carbonyl (C=O) groups is 4. The summed E-state index contributed by atoms with van der Waals surface area (Å²) in [6.07, 6.45) is 0.438. The van der Waals surface area contributed by atoms with Gasteiger partial charge in [0, 0.05) is 13.0 Å². The zero-order chi connectivity index (χ0) is 29.0. The van der Waals surface area contributed by atoms with Crippen molar-refractivity contribution < 1.29 is 28.7 Å². The van der Waals surface area contributed by atoms with E-state index in [4.69, 9.17) is 9.47 Å². The van der Waals surface area contributed by atoms with E-state index >= 15 is 0 Å². The monoisotopic (exact) mass is 558 g/mol. The van der Waals surface area contributed by atoms with Crippen LogP contribution in [0, 0.1) is 0 Å². The highest BCUT2D eigenvalue weighted by Gasteiger charge is 2.28. The first-order valence-electron chi connectivity index (χ1n) is 13.5. The molecule has 0 saturated heterocycles. The highest BCUT2D eigenvalue weighted by molar-refractivity contribution is 6.01. The third-order valence-corrected chi connectivity index (χ3v) is 6.61. The summed E-state index contributed by atoms with van der Waals surface area (Å²) >= 11 is 0. The lowest BCUT2D eigenvalue weighted by Crippen LogP contribution is -2.53. The van der Waals surface area contributed by atoms with E-state index in [9.17, 15) is 19.2 Å². The summed E-state index contributed by atoms with van der Waals surface area (Å²) in [5.41, 5.74) is 2.06. The minimum absolute atomic E-state index is 0.108. The fraction of sp³-hybridized carbons (Fsp3) is 0.290. The van der Waals surface area contributed by atoms with E-state index in [0.29, 0.717) is 12.2 Å². The molecule has 4 amide bonds. The number of amides is 4. The molecular formula is C31H34N4O6. The number of benzene rings is 3. The molecule has 1 heterocycles. The van der Waals surface area contributed by atoms with Gasteiger partial charge in [0.25, 0.3) is 5.91 Å². The first kappa shape index (κ1) is 29.1. The van der Waals surface area contributed by atoms with Crippen LogP contribution in [0.25, 0.3) is 0 Å². The fourth-order valence-corrected chi connectivity index (χ4v) is 4.43. The van der Waals surface area contributed by atoms with Gasteiger partial charge in [0.1, 0.15) is 30.2 Å². The summed E-state index contributed by atoms with van der Waals surface area (Å²) in [6.45, 7) is 0.574. The molecule has 214 valence electrons. The number of ether oxygens (including phenoxy) is 2. The summed E-state index contributed by atoms with van der Waals surface area (Å²) in [5.74, 6) is -0.948. The number of rotatable bonds is 7. The molecular weight excluding hydrogens is 524 g/mol. The van der Waals surface area contributed by atoms with Gasteiger partial charge in [-0.3, -0.25) is 19.2 Å². The first-order valence-corrected chi connectivity index (χ1v) is 13.5. The average Bonchev–Trinajstić information content (AvgIpc) is 2.99. The van der Waals surface area contributed by atoms with Crippen molar-refractivity contribution in [2.24, 2.45) is 0 Å². The minimum atomic E-state index is -1.19. The zero-order valence-electron chi connectivity index (χ0n) is 22.9. The maximum absolute atomic E-state index is 13.2. The van der Waals surface area contributed by atoms with Gasteiger partial charge in [-0.15, -0.1) is 0 Å². The van der Waals surface area contributed by atoms with Crippen molar-refractivity contribution in [3.05, 3.63) is 95.6 Å². The molecule has 0 unspecified atom stereocenters. The van der Waals surface area contributed by atoms with Gasteiger partial charge in [-0.1, -0.05) is 54.6 Å². The van der Waals surface area contributed by atoms with Crippen LogP contribution in [0.3, 0.4) is 0 Å². The van der Waals surface area contributed by atoms with E-state index in [2.05, 4.69) is 21.3 Å². The predicted molar refractivity (Wildman–Crippen MR) is 153 cm³/mol. The predicted octanol–water partition coefficient (Wildman–Crippen LogP) is 1.78. The van der Waals surface area contributed by atoms with Crippen LogP contribution in [0.15, 0.2) is 78.9 Å². The molecule has 41 heavy (non-hydrogen) atoms. The molecule has 1 aliphatic heterocycles. The Morgan fingerprint density at radius 1 is 0.927 bits per heavy atom. The lowest BCUT2D eigenvalue weighted by atomic mass is 10.0. The van der Waals surface area contributed by atoms with Crippen LogP contribution in [0.4, 0.5) is 0 Å². The molecule has 3 aromatic rings. The highest BCUT2D eigenvalue weighted by atomic mass is 16.5. The van der Waals surface area contributed by atoms with E-state index in [1.807, 2.05) is 54.6 Å². The van der Waals surface area contributed by atoms with Gasteiger partial charge in [0.2, 0.25) is 17.7 Å². The largest absolute Gasteiger partial charge is 0.497 e. The maximum atomic E-state index is 13.2. The average molecular weight is 559 g/mol. The molecule has 10 nitrogen and oxygen atoms in total. The lowest BCUT2D eigenvalue weighted by molar-refractivity contribution is -0.131. The molecule has 2 atom stereocenters. The molecule has 0 aromatic heterocycles. The van der Waals surface area contributed by atoms with E-state index < -0.39 is 29.8 Å². The Balaban J connectivity index is 1.51. The number of methoxy groups -OCH3 is 1. The van der Waals surface area contributed by atoms with Crippen LogP contribution in [0.1, 0.15) is 27.9 Å². The van der Waals surface area contributed by atoms with E-state index in [0.717, 1.165) is 16.9 Å². The molecule has 4 rings (SSSR count). The molecule has 0 bridgehead atoms. The van der Waals surface area contributed by atoms with Crippen LogP contribution in [0.2, 0.25) is 0 Å². The summed E-state index contributed by atoms with van der Waals surface area (Å²) in [6, 6.07) is 21.3. The Bertz CT molecular complexity index is 1350. The zero-order valence-corrected chi connectivity index (χ0v) is 22.9. The van der Waals surface area contributed by atoms with Crippen molar-refractivity contribution in [2.75, 3.05) is 26.8 Å². The maximum Gasteiger partial charge on any atom is 0.255 e. The Hall–Kier alpha value is -4.86. The second kappa shape index (κ2) is 14.5. The molecule has 4 N–H and O–H groups in total. The fourth-order valence-electron chi connectivity index (χ4n) is 4.43. The SMILES string of the molecule is COc1ccc(CCNC(=O)[C@@H]2CC(=O)N[C@@H](Cc3ccccc3)C(=O)NCCOc3ccccc3C(=O)N2)cc1. The molecule has 0 fully saturated rings. The quantitative estimate of drug-likeness (QED) is 0.349. The van der Waals surface area contributed by atoms with Crippen LogP contribution in [0.5, 0.6) is 11.5 Å². The summed E-state index contributed by atoms with van der Waals surface area (Å²) in [4.78, 5) is 52.6. The number of hydrogen-bond acceptors (Lipinski definition) is 6. The second-order valence-electron chi connectivity index (χ2n) is 9.56. The normalized spacial score (nSPS) is 17.9. The van der Waals surface area contributed by atoms with E-state index in [1.54, 1.807) is 31.4 Å². The molecule has 0 spiro atoms. The van der Waals surface area contributed by atoms with Gasteiger partial charge in [-0.2, -0.15) is 0 Å². The molecule has 3 aromatic carbocycles. The number of hydrogen-bond donors (Lipinski definition) is 4. The van der Waals surface area contributed by atoms with Crippen LogP contribution in [-0.4, -0.2) is 62.5 Å². The Kier molecular flexibility index (Phi) is 10.3. The van der Waals surface area contributed by atoms with Gasteiger partial charge in [0.15, 0.2) is 0 Å². The standard InChI is InChI=1S/C31H34N4O6/c1-40-23-13-11-21(12-14-23)15-16-32-31(39)26-20-28(36)34-25(19-22-7-3-2-4-8-22)30(38)33-17-18-41-27-10-6-5-9-24(27)29(37)35-26/h2-14,25-26H,15-20H2,1H3,(H,32,39)(H,33,38)(H,34,36)(H,35,37)/t25-,26-/m0/s1. The highest BCUT2D eigenvalue weighted by Crippen LogP contribution is 2.18. The molecule has 0 radical (unpaired) electrons. The van der Waals surface area contributed by atoms with Gasteiger partial charge in [-0.25, -0.2) is 0 Å². The summed E-state index contributed by atoms with van der Waals surface area (Å²) in [7, 11) is 1.59. The molecule has 0 saturated carbocycles. The summed E-state index contributed by atoms with van der Waals surface area (Å²) in [5, 5.41) is 11.0. The van der Waals surface area contributed by atoms with Gasteiger partial charge < -0.3 is 30.7 Å². The van der Waals surface area contributed by atoms with Crippen LogP contribution >= 0.6 is 0 Å². The van der Waals surface area contributed by atoms with E-state index in [1.165, 1.54) is 0 Å². The smallest absolute Gasteiger partial charge is 0.255 e. The summed E-state index contributed by atoms with van der Waals surface area (Å²) < 4.78 is 11.0. The topological polar surface area (TPSA) is 135 Å². The number of para-hydroxylation sites is 1. The van der Waals surface area contributed by atoms with Crippen molar-refractivity contribution in [3.8, 4) is 11.5 Å². The first-order chi connectivity index (χ1) is 19.9. The minimum Gasteiger partial charge on any atom is -0.497 e. The van der Waals surface area contributed by atoms with Crippen molar-refractivity contribution in [3.63, 3.8) is 0 Å². The van der Waals surface area contributed by atoms with Crippen molar-refractivity contribution >= 4 is 23.6 Å². The molecule has 1 aliphatic rings. The van der Waals surface area contributed by atoms with Crippen LogP contribution < -0.4 is 30.7 Å². The van der Waals surface area contributed by atoms with Crippen molar-refractivity contribution in [2.45, 2.75) is 31.3 Å². The second-order valence-corrected chi connectivity index (χ2v) is 9.56. The molecule has 0 aliphatic carbocycles. The Morgan fingerprint density at radius 3 is 2.41 bits per heavy atom. The van der Waals surface area contributed by atoms with Crippen molar-refractivity contribution in [1.82, 2.24) is 21.3 Å². The van der Waals surface area contributed by atoms with Crippen molar-refractivity contribution in [1.29, 1.82) is 0 Å². The van der Waals surface area contributed by atoms with Gasteiger partial charge >= 0.3 is 0 Å². The van der Waals surface area contributed by atoms with Gasteiger partial charge in [0.05, 0.1) is 25.6 Å². The van der Waals surface area contributed by atoms with Gasteiger partial charge in [-0.05, 0) is 41.8 Å². The number of nitrogens with one attached hydrogen (secondary N) is 4. The Morgan fingerprint density at radius 2 is 1.66 bits per heavy atom.